The van der Waals surface area contributed by atoms with Gasteiger partial charge >= 0.3 is 6.09 Å². The first-order chi connectivity index (χ1) is 8.70. The second-order valence-corrected chi connectivity index (χ2v) is 4.41. The maximum atomic E-state index is 11.8. The molecule has 2 unspecified atom stereocenters. The van der Waals surface area contributed by atoms with Gasteiger partial charge in [-0.05, 0) is 12.6 Å². The van der Waals surface area contributed by atoms with Crippen LogP contribution in [-0.2, 0) is 11.3 Å². The van der Waals surface area contributed by atoms with Crippen LogP contribution in [-0.4, -0.2) is 48.4 Å². The van der Waals surface area contributed by atoms with Crippen molar-refractivity contribution in [1.29, 1.82) is 0 Å². The Morgan fingerprint density at radius 1 is 1.44 bits per heavy atom. The van der Waals surface area contributed by atoms with Crippen LogP contribution in [0.5, 0.6) is 0 Å². The maximum absolute atomic E-state index is 11.8. The number of nitrogens with zero attached hydrogens (tertiary/aromatic N) is 1. The van der Waals surface area contributed by atoms with E-state index < -0.39 is 6.10 Å². The summed E-state index contributed by atoms with van der Waals surface area (Å²) in [5.74, 6) is 0. The number of ether oxygens (including phenoxy) is 1. The molecule has 1 saturated heterocycles. The number of rotatable bonds is 3. The van der Waals surface area contributed by atoms with Gasteiger partial charge < -0.3 is 20.1 Å². The Bertz CT molecular complexity index is 396. The number of carbonyl (C=O) groups excluding carboxylic acids is 1. The van der Waals surface area contributed by atoms with Crippen molar-refractivity contribution in [3.63, 3.8) is 0 Å². The minimum Gasteiger partial charge on any atom is -0.445 e. The first kappa shape index (κ1) is 12.9. The second kappa shape index (κ2) is 5.84. The van der Waals surface area contributed by atoms with Crippen molar-refractivity contribution >= 4 is 6.09 Å². The summed E-state index contributed by atoms with van der Waals surface area (Å²) in [6, 6.07) is 9.46. The van der Waals surface area contributed by atoms with Crippen molar-refractivity contribution in [2.24, 2.45) is 0 Å². The van der Waals surface area contributed by atoms with E-state index in [1.54, 1.807) is 7.05 Å². The van der Waals surface area contributed by atoms with E-state index in [1.165, 1.54) is 4.90 Å². The fourth-order valence-electron chi connectivity index (χ4n) is 2.03. The smallest absolute Gasteiger partial charge is 0.410 e. The Labute approximate surface area is 106 Å². The molecule has 1 heterocycles. The van der Waals surface area contributed by atoms with Crippen molar-refractivity contribution in [2.75, 3.05) is 20.1 Å². The Balaban J connectivity index is 1.82. The van der Waals surface area contributed by atoms with Gasteiger partial charge in [0.25, 0.3) is 0 Å². The molecular weight excluding hydrogens is 232 g/mol. The molecule has 1 fully saturated rings. The molecule has 2 N–H and O–H groups in total. The molecule has 0 saturated carbocycles. The summed E-state index contributed by atoms with van der Waals surface area (Å²) in [6.45, 7) is 1.06. The van der Waals surface area contributed by atoms with Crippen LogP contribution in [0.2, 0.25) is 0 Å². The van der Waals surface area contributed by atoms with Crippen LogP contribution in [0.1, 0.15) is 5.56 Å². The largest absolute Gasteiger partial charge is 0.445 e. The quantitative estimate of drug-likeness (QED) is 0.824. The third kappa shape index (κ3) is 3.00. The summed E-state index contributed by atoms with van der Waals surface area (Å²) in [6.07, 6.45) is -0.907. The highest BCUT2D eigenvalue weighted by atomic mass is 16.6. The predicted octanol–water partition coefficient (Wildman–Crippen LogP) is 0.588. The summed E-state index contributed by atoms with van der Waals surface area (Å²) in [7, 11) is 1.77. The van der Waals surface area contributed by atoms with Gasteiger partial charge in [0, 0.05) is 6.54 Å². The van der Waals surface area contributed by atoms with Crippen LogP contribution in [0, 0.1) is 0 Å². The molecule has 1 aromatic carbocycles. The van der Waals surface area contributed by atoms with E-state index in [1.807, 2.05) is 30.3 Å². The van der Waals surface area contributed by atoms with E-state index in [0.717, 1.165) is 5.56 Å². The summed E-state index contributed by atoms with van der Waals surface area (Å²) >= 11 is 0. The van der Waals surface area contributed by atoms with Gasteiger partial charge in [0.15, 0.2) is 0 Å². The number of β-amino-alcohol motifs (C(OH)–C–C–N with tert-alkyl or cyclic N) is 1. The molecule has 0 aromatic heterocycles. The second-order valence-electron chi connectivity index (χ2n) is 4.41. The summed E-state index contributed by atoms with van der Waals surface area (Å²) in [4.78, 5) is 13.3. The average molecular weight is 250 g/mol. The first-order valence-electron chi connectivity index (χ1n) is 6.01. The minimum absolute atomic E-state index is 0.0747. The molecule has 1 amide bonds. The average Bonchev–Trinajstić information content (AvgIpc) is 2.78. The van der Waals surface area contributed by atoms with Crippen molar-refractivity contribution in [1.82, 2.24) is 10.2 Å². The van der Waals surface area contributed by atoms with E-state index in [2.05, 4.69) is 5.32 Å². The van der Waals surface area contributed by atoms with E-state index in [0.29, 0.717) is 13.1 Å². The lowest BCUT2D eigenvalue weighted by Gasteiger charge is -2.15. The molecule has 0 radical (unpaired) electrons. The van der Waals surface area contributed by atoms with Crippen LogP contribution in [0.15, 0.2) is 30.3 Å². The third-order valence-corrected chi connectivity index (χ3v) is 3.12. The molecule has 1 aliphatic rings. The molecule has 5 nitrogen and oxygen atoms in total. The van der Waals surface area contributed by atoms with Crippen LogP contribution in [0.25, 0.3) is 0 Å². The molecule has 2 rings (SSSR count). The molecule has 0 spiro atoms. The topological polar surface area (TPSA) is 61.8 Å². The standard InChI is InChI=1S/C13H18N2O3/c1-14-11-7-15(8-12(11)16)13(17)18-9-10-5-3-2-4-6-10/h2-6,11-12,14,16H,7-9H2,1H3. The Kier molecular flexibility index (Phi) is 4.17. The number of carbonyl (C=O) groups is 1. The van der Waals surface area contributed by atoms with Gasteiger partial charge in [-0.2, -0.15) is 0 Å². The molecule has 98 valence electrons. The van der Waals surface area contributed by atoms with Crippen LogP contribution in [0.3, 0.4) is 0 Å². The normalized spacial score (nSPS) is 23.1. The van der Waals surface area contributed by atoms with Crippen molar-refractivity contribution < 1.29 is 14.6 Å². The Morgan fingerprint density at radius 3 is 2.78 bits per heavy atom. The maximum Gasteiger partial charge on any atom is 0.410 e. The zero-order valence-corrected chi connectivity index (χ0v) is 10.4. The zero-order valence-electron chi connectivity index (χ0n) is 10.4. The summed E-state index contributed by atoms with van der Waals surface area (Å²) in [5, 5.41) is 12.7. The molecule has 1 aliphatic heterocycles. The van der Waals surface area contributed by atoms with Gasteiger partial charge in [0.2, 0.25) is 0 Å². The van der Waals surface area contributed by atoms with Crippen LogP contribution >= 0.6 is 0 Å². The summed E-state index contributed by atoms with van der Waals surface area (Å²) < 4.78 is 5.20. The number of likely N-dealkylation sites (N-methyl/N-ethyl adjacent to an activating group) is 1. The number of benzene rings is 1. The van der Waals surface area contributed by atoms with Gasteiger partial charge in [-0.1, -0.05) is 30.3 Å². The molecule has 0 aliphatic carbocycles. The highest BCUT2D eigenvalue weighted by molar-refractivity contribution is 5.68. The van der Waals surface area contributed by atoms with Crippen molar-refractivity contribution in [2.45, 2.75) is 18.8 Å². The molecule has 5 heteroatoms. The highest BCUT2D eigenvalue weighted by Gasteiger charge is 2.33. The van der Waals surface area contributed by atoms with Gasteiger partial charge in [-0.25, -0.2) is 4.79 Å². The monoisotopic (exact) mass is 250 g/mol. The first-order valence-corrected chi connectivity index (χ1v) is 6.01. The molecule has 0 bridgehead atoms. The number of likely N-dealkylation sites (tertiary alicyclic amines) is 1. The van der Waals surface area contributed by atoms with Crippen LogP contribution < -0.4 is 5.32 Å². The fraction of sp³-hybridized carbons (Fsp3) is 0.462. The third-order valence-electron chi connectivity index (χ3n) is 3.12. The molecule has 1 aromatic rings. The lowest BCUT2D eigenvalue weighted by Crippen LogP contribution is -2.36. The van der Waals surface area contributed by atoms with E-state index >= 15 is 0 Å². The molecule has 2 atom stereocenters. The van der Waals surface area contributed by atoms with E-state index in [-0.39, 0.29) is 18.7 Å². The lowest BCUT2D eigenvalue weighted by molar-refractivity contribution is 0.0970. The van der Waals surface area contributed by atoms with Gasteiger partial charge in [-0.15, -0.1) is 0 Å². The van der Waals surface area contributed by atoms with Crippen LogP contribution in [0.4, 0.5) is 4.79 Å². The van der Waals surface area contributed by atoms with E-state index in [9.17, 15) is 9.90 Å². The predicted molar refractivity (Wildman–Crippen MR) is 67.1 cm³/mol. The van der Waals surface area contributed by atoms with Crippen molar-refractivity contribution in [3.8, 4) is 0 Å². The highest BCUT2D eigenvalue weighted by Crippen LogP contribution is 2.12. The molecular formula is C13H18N2O3. The molecule has 18 heavy (non-hydrogen) atoms. The number of hydrogen-bond acceptors (Lipinski definition) is 4. The zero-order chi connectivity index (χ0) is 13.0. The van der Waals surface area contributed by atoms with Gasteiger partial charge in [-0.3, -0.25) is 0 Å². The fourth-order valence-corrected chi connectivity index (χ4v) is 2.03. The Hall–Kier alpha value is -1.59. The van der Waals surface area contributed by atoms with Gasteiger partial charge in [0.1, 0.15) is 6.61 Å². The van der Waals surface area contributed by atoms with E-state index in [4.69, 9.17) is 4.74 Å². The van der Waals surface area contributed by atoms with Gasteiger partial charge in [0.05, 0.1) is 18.7 Å². The number of aliphatic hydroxyl groups is 1. The SMILES string of the molecule is CNC1CN(C(=O)OCc2ccccc2)CC1O. The number of amides is 1. The minimum atomic E-state index is -0.528. The van der Waals surface area contributed by atoms with Crippen molar-refractivity contribution in [3.05, 3.63) is 35.9 Å². The Morgan fingerprint density at radius 2 is 2.17 bits per heavy atom. The lowest BCUT2D eigenvalue weighted by atomic mass is 10.2. The number of aliphatic hydroxyl groups excluding tert-OH is 1. The summed E-state index contributed by atoms with van der Waals surface area (Å²) in [5.41, 5.74) is 0.954. The number of nitrogens with one attached hydrogen (secondary N) is 1. The number of hydrogen-bond donors (Lipinski definition) is 2.